The summed E-state index contributed by atoms with van der Waals surface area (Å²) in [6.45, 7) is 3.22. The summed E-state index contributed by atoms with van der Waals surface area (Å²) in [6.07, 6.45) is 3.13. The molecule has 1 saturated heterocycles. The summed E-state index contributed by atoms with van der Waals surface area (Å²) in [7, 11) is 0. The number of hydrogen-bond donors (Lipinski definition) is 0. The zero-order chi connectivity index (χ0) is 21.6. The molecule has 7 nitrogen and oxygen atoms in total. The van der Waals surface area contributed by atoms with Crippen LogP contribution in [0.1, 0.15) is 24.0 Å². The molecule has 7 heteroatoms. The molecule has 1 aromatic heterocycles. The average Bonchev–Trinajstić information content (AvgIpc) is 3.35. The quantitative estimate of drug-likeness (QED) is 0.569. The van der Waals surface area contributed by atoms with Crippen molar-refractivity contribution in [2.24, 2.45) is 0 Å². The molecule has 1 aliphatic rings. The van der Waals surface area contributed by atoms with Crippen LogP contribution in [0.15, 0.2) is 54.7 Å². The van der Waals surface area contributed by atoms with Crippen molar-refractivity contribution in [2.75, 3.05) is 19.9 Å². The Labute approximate surface area is 180 Å². The molecule has 0 atom stereocenters. The molecular formula is C24H22N4O3. The van der Waals surface area contributed by atoms with Crippen LogP contribution in [-0.2, 0) is 4.74 Å². The zero-order valence-corrected chi connectivity index (χ0v) is 17.2. The molecule has 31 heavy (non-hydrogen) atoms. The van der Waals surface area contributed by atoms with E-state index in [2.05, 4.69) is 16.0 Å². The minimum Gasteiger partial charge on any atom is -0.439 e. The number of ether oxygens (including phenoxy) is 2. The van der Waals surface area contributed by atoms with Gasteiger partial charge in [-0.3, -0.25) is 0 Å². The Morgan fingerprint density at radius 1 is 1.03 bits per heavy atom. The highest BCUT2D eigenvalue weighted by atomic mass is 16.7. The van der Waals surface area contributed by atoms with Gasteiger partial charge in [0.25, 0.3) is 0 Å². The molecule has 1 fully saturated rings. The zero-order valence-electron chi connectivity index (χ0n) is 17.2. The van der Waals surface area contributed by atoms with Crippen molar-refractivity contribution in [2.45, 2.75) is 19.8 Å². The lowest BCUT2D eigenvalue weighted by Gasteiger charge is -2.15. The van der Waals surface area contributed by atoms with E-state index in [1.165, 1.54) is 6.20 Å². The summed E-state index contributed by atoms with van der Waals surface area (Å²) < 4.78 is 10.8. The van der Waals surface area contributed by atoms with Crippen LogP contribution in [0.5, 0.6) is 5.88 Å². The fourth-order valence-corrected chi connectivity index (χ4v) is 3.40. The van der Waals surface area contributed by atoms with E-state index in [0.29, 0.717) is 30.0 Å². The van der Waals surface area contributed by atoms with Crippen molar-refractivity contribution in [3.05, 3.63) is 65.9 Å². The number of aromatic nitrogens is 2. The van der Waals surface area contributed by atoms with Crippen molar-refractivity contribution in [3.8, 4) is 34.5 Å². The minimum atomic E-state index is -0.381. The Morgan fingerprint density at radius 3 is 2.35 bits per heavy atom. The van der Waals surface area contributed by atoms with Crippen molar-refractivity contribution in [3.63, 3.8) is 0 Å². The summed E-state index contributed by atoms with van der Waals surface area (Å²) in [4.78, 5) is 22.9. The van der Waals surface area contributed by atoms with Gasteiger partial charge in [-0.25, -0.2) is 14.8 Å². The van der Waals surface area contributed by atoms with Gasteiger partial charge in [-0.1, -0.05) is 42.0 Å². The van der Waals surface area contributed by atoms with E-state index in [-0.39, 0.29) is 18.8 Å². The monoisotopic (exact) mass is 414 g/mol. The van der Waals surface area contributed by atoms with E-state index in [0.717, 1.165) is 29.5 Å². The van der Waals surface area contributed by atoms with E-state index < -0.39 is 0 Å². The maximum absolute atomic E-state index is 12.0. The minimum absolute atomic E-state index is 0.235. The van der Waals surface area contributed by atoms with Crippen molar-refractivity contribution < 1.29 is 14.3 Å². The van der Waals surface area contributed by atoms with Gasteiger partial charge in [-0.2, -0.15) is 5.26 Å². The summed E-state index contributed by atoms with van der Waals surface area (Å²) in [5.41, 5.74) is 4.76. The van der Waals surface area contributed by atoms with Crippen LogP contribution >= 0.6 is 0 Å². The number of benzene rings is 2. The normalized spacial score (nSPS) is 13.0. The maximum Gasteiger partial charge on any atom is 0.412 e. The third kappa shape index (κ3) is 4.81. The molecule has 0 unspecified atom stereocenters. The molecule has 0 bridgehead atoms. The van der Waals surface area contributed by atoms with E-state index in [1.807, 2.05) is 43.3 Å². The van der Waals surface area contributed by atoms with Crippen molar-refractivity contribution in [1.29, 1.82) is 5.26 Å². The molecular weight excluding hydrogens is 392 g/mol. The SMILES string of the molecule is Cc1ccc(-c2ncc(OCOC(=O)N3CCCC3)nc2-c2ccc(C#N)cc2)cc1. The standard InChI is InChI=1S/C24H22N4O3/c1-17-4-8-19(9-5-17)22-23(20-10-6-18(14-25)7-11-20)27-21(15-26-22)30-16-31-24(29)28-12-2-3-13-28/h4-11,15H,2-3,12-13,16H2,1H3. The number of carbonyl (C=O) groups is 1. The molecule has 0 spiro atoms. The van der Waals surface area contributed by atoms with Gasteiger partial charge in [0.1, 0.15) is 5.69 Å². The van der Waals surface area contributed by atoms with Gasteiger partial charge in [0.05, 0.1) is 23.5 Å². The highest BCUT2D eigenvalue weighted by Crippen LogP contribution is 2.30. The number of likely N-dealkylation sites (tertiary alicyclic amines) is 1. The Hall–Kier alpha value is -3.92. The molecule has 2 aromatic carbocycles. The molecule has 4 rings (SSSR count). The van der Waals surface area contributed by atoms with Gasteiger partial charge in [-0.15, -0.1) is 0 Å². The van der Waals surface area contributed by atoms with Gasteiger partial charge < -0.3 is 14.4 Å². The van der Waals surface area contributed by atoms with E-state index in [9.17, 15) is 4.79 Å². The van der Waals surface area contributed by atoms with Gasteiger partial charge >= 0.3 is 6.09 Å². The van der Waals surface area contributed by atoms with Crippen LogP contribution in [0, 0.1) is 18.3 Å². The Morgan fingerprint density at radius 2 is 1.68 bits per heavy atom. The molecule has 2 heterocycles. The smallest absolute Gasteiger partial charge is 0.412 e. The first-order chi connectivity index (χ1) is 15.1. The number of rotatable bonds is 5. The van der Waals surface area contributed by atoms with Gasteiger partial charge in [0.2, 0.25) is 12.7 Å². The van der Waals surface area contributed by atoms with E-state index >= 15 is 0 Å². The highest BCUT2D eigenvalue weighted by molar-refractivity contribution is 5.78. The molecule has 0 saturated carbocycles. The highest BCUT2D eigenvalue weighted by Gasteiger charge is 2.19. The number of carbonyl (C=O) groups excluding carboxylic acids is 1. The lowest BCUT2D eigenvalue weighted by Crippen LogP contribution is -2.29. The summed E-state index contributed by atoms with van der Waals surface area (Å²) >= 11 is 0. The fraction of sp³-hybridized carbons (Fsp3) is 0.250. The third-order valence-electron chi connectivity index (χ3n) is 5.12. The average molecular weight is 414 g/mol. The number of amides is 1. The first-order valence-electron chi connectivity index (χ1n) is 10.1. The summed E-state index contributed by atoms with van der Waals surface area (Å²) in [5.74, 6) is 0.254. The lowest BCUT2D eigenvalue weighted by atomic mass is 10.0. The van der Waals surface area contributed by atoms with Crippen LogP contribution in [0.2, 0.25) is 0 Å². The van der Waals surface area contributed by atoms with Crippen LogP contribution in [0.25, 0.3) is 22.5 Å². The lowest BCUT2D eigenvalue weighted by molar-refractivity contribution is 0.0368. The number of nitriles is 1. The van der Waals surface area contributed by atoms with Crippen LogP contribution < -0.4 is 4.74 Å². The molecule has 3 aromatic rings. The maximum atomic E-state index is 12.0. The molecule has 0 N–H and O–H groups in total. The molecule has 1 aliphatic heterocycles. The molecule has 156 valence electrons. The second kappa shape index (κ2) is 9.26. The molecule has 0 aliphatic carbocycles. The summed E-state index contributed by atoms with van der Waals surface area (Å²) in [5, 5.41) is 9.08. The third-order valence-corrected chi connectivity index (χ3v) is 5.12. The van der Waals surface area contributed by atoms with Crippen LogP contribution in [0.3, 0.4) is 0 Å². The van der Waals surface area contributed by atoms with E-state index in [4.69, 9.17) is 14.7 Å². The predicted molar refractivity (Wildman–Crippen MR) is 115 cm³/mol. The van der Waals surface area contributed by atoms with E-state index in [1.54, 1.807) is 17.0 Å². The fourth-order valence-electron chi connectivity index (χ4n) is 3.40. The van der Waals surface area contributed by atoms with Gasteiger partial charge in [0.15, 0.2) is 0 Å². The second-order valence-corrected chi connectivity index (χ2v) is 7.33. The van der Waals surface area contributed by atoms with Crippen LogP contribution in [-0.4, -0.2) is 40.8 Å². The molecule has 1 amide bonds. The topological polar surface area (TPSA) is 88.3 Å². The molecule has 0 radical (unpaired) electrons. The predicted octanol–water partition coefficient (Wildman–Crippen LogP) is 4.56. The van der Waals surface area contributed by atoms with Gasteiger partial charge in [-0.05, 0) is 31.9 Å². The second-order valence-electron chi connectivity index (χ2n) is 7.33. The van der Waals surface area contributed by atoms with Crippen molar-refractivity contribution >= 4 is 6.09 Å². The number of nitrogens with zero attached hydrogens (tertiary/aromatic N) is 4. The number of hydrogen-bond acceptors (Lipinski definition) is 6. The number of aryl methyl sites for hydroxylation is 1. The Bertz CT molecular complexity index is 1100. The Kier molecular flexibility index (Phi) is 6.08. The Balaban J connectivity index is 1.58. The first-order valence-corrected chi connectivity index (χ1v) is 10.1. The van der Waals surface area contributed by atoms with Crippen LogP contribution in [0.4, 0.5) is 4.79 Å². The summed E-state index contributed by atoms with van der Waals surface area (Å²) in [6, 6.07) is 17.3. The van der Waals surface area contributed by atoms with Crippen molar-refractivity contribution in [1.82, 2.24) is 14.9 Å². The van der Waals surface area contributed by atoms with Gasteiger partial charge in [0, 0.05) is 24.2 Å². The first kappa shape index (κ1) is 20.4. The largest absolute Gasteiger partial charge is 0.439 e.